The summed E-state index contributed by atoms with van der Waals surface area (Å²) in [5, 5.41) is 3.54. The van der Waals surface area contributed by atoms with E-state index in [0.29, 0.717) is 6.04 Å². The normalized spacial score (nSPS) is 22.1. The summed E-state index contributed by atoms with van der Waals surface area (Å²) in [5.41, 5.74) is 2.94. The van der Waals surface area contributed by atoms with Crippen LogP contribution in [0.25, 0.3) is 11.0 Å². The first-order valence-corrected chi connectivity index (χ1v) is 6.78. The largest absolute Gasteiger partial charge is 0.366 e. The number of aryl methyl sites for hydroxylation is 1. The minimum Gasteiger partial charge on any atom is -0.366 e. The standard InChI is InChI=1S/C15H19N3/c1-3-6-11-9-14(11)18-15-10(2)16-12-7-4-5-8-13(12)17-15/h4-5,7-8,11,14H,3,6,9H2,1-2H3,(H,17,18). The molecule has 18 heavy (non-hydrogen) atoms. The minimum absolute atomic E-state index is 0.610. The van der Waals surface area contributed by atoms with Crippen molar-refractivity contribution < 1.29 is 0 Å². The third-order valence-corrected chi connectivity index (χ3v) is 3.65. The van der Waals surface area contributed by atoms with Gasteiger partial charge in [-0.25, -0.2) is 9.97 Å². The zero-order chi connectivity index (χ0) is 12.5. The lowest BCUT2D eigenvalue weighted by molar-refractivity contribution is 0.692. The van der Waals surface area contributed by atoms with Crippen molar-refractivity contribution in [2.24, 2.45) is 5.92 Å². The van der Waals surface area contributed by atoms with Gasteiger partial charge in [0.05, 0.1) is 16.7 Å². The van der Waals surface area contributed by atoms with Gasteiger partial charge >= 0.3 is 0 Å². The summed E-state index contributed by atoms with van der Waals surface area (Å²) < 4.78 is 0. The van der Waals surface area contributed by atoms with Crippen molar-refractivity contribution in [1.29, 1.82) is 0 Å². The second-order valence-electron chi connectivity index (χ2n) is 5.18. The highest BCUT2D eigenvalue weighted by Gasteiger charge is 2.36. The number of nitrogens with one attached hydrogen (secondary N) is 1. The fourth-order valence-corrected chi connectivity index (χ4v) is 2.51. The van der Waals surface area contributed by atoms with Crippen LogP contribution in [-0.4, -0.2) is 16.0 Å². The summed E-state index contributed by atoms with van der Waals surface area (Å²) in [6.07, 6.45) is 3.87. The van der Waals surface area contributed by atoms with Gasteiger partial charge in [-0.15, -0.1) is 0 Å². The van der Waals surface area contributed by atoms with Crippen LogP contribution in [-0.2, 0) is 0 Å². The molecule has 2 unspecified atom stereocenters. The lowest BCUT2D eigenvalue weighted by atomic mass is 10.2. The van der Waals surface area contributed by atoms with E-state index >= 15 is 0 Å². The number of benzene rings is 1. The SMILES string of the molecule is CCCC1CC1Nc1nc2ccccc2nc1C. The van der Waals surface area contributed by atoms with Gasteiger partial charge < -0.3 is 5.32 Å². The summed E-state index contributed by atoms with van der Waals surface area (Å²) in [5.74, 6) is 1.79. The predicted octanol–water partition coefficient (Wildman–Crippen LogP) is 3.54. The number of para-hydroxylation sites is 2. The Bertz CT molecular complexity index is 565. The van der Waals surface area contributed by atoms with E-state index in [1.807, 2.05) is 31.2 Å². The summed E-state index contributed by atoms with van der Waals surface area (Å²) >= 11 is 0. The zero-order valence-electron chi connectivity index (χ0n) is 11.0. The summed E-state index contributed by atoms with van der Waals surface area (Å²) in [6, 6.07) is 8.65. The van der Waals surface area contributed by atoms with E-state index in [1.54, 1.807) is 0 Å². The molecule has 0 spiro atoms. The van der Waals surface area contributed by atoms with E-state index in [-0.39, 0.29) is 0 Å². The predicted molar refractivity (Wildman–Crippen MR) is 74.7 cm³/mol. The van der Waals surface area contributed by atoms with Gasteiger partial charge in [-0.2, -0.15) is 0 Å². The maximum Gasteiger partial charge on any atom is 0.148 e. The Labute approximate surface area is 108 Å². The molecule has 1 aromatic heterocycles. The Morgan fingerprint density at radius 2 is 1.94 bits per heavy atom. The van der Waals surface area contributed by atoms with Crippen molar-refractivity contribution in [2.75, 3.05) is 5.32 Å². The van der Waals surface area contributed by atoms with Gasteiger partial charge in [-0.05, 0) is 37.8 Å². The van der Waals surface area contributed by atoms with Gasteiger partial charge in [0.2, 0.25) is 0 Å². The molecule has 1 N–H and O–H groups in total. The summed E-state index contributed by atoms with van der Waals surface area (Å²) in [7, 11) is 0. The van der Waals surface area contributed by atoms with E-state index in [1.165, 1.54) is 19.3 Å². The van der Waals surface area contributed by atoms with Crippen LogP contribution in [0.5, 0.6) is 0 Å². The van der Waals surface area contributed by atoms with Gasteiger partial charge in [0, 0.05) is 6.04 Å². The molecule has 1 fully saturated rings. The number of nitrogens with zero attached hydrogens (tertiary/aromatic N) is 2. The summed E-state index contributed by atoms with van der Waals surface area (Å²) in [6.45, 7) is 4.27. The van der Waals surface area contributed by atoms with E-state index in [2.05, 4.69) is 22.2 Å². The molecule has 94 valence electrons. The van der Waals surface area contributed by atoms with Crippen LogP contribution >= 0.6 is 0 Å². The highest BCUT2D eigenvalue weighted by molar-refractivity contribution is 5.76. The molecule has 0 bridgehead atoms. The van der Waals surface area contributed by atoms with Crippen molar-refractivity contribution in [2.45, 2.75) is 39.2 Å². The molecule has 3 heteroatoms. The molecule has 0 aliphatic heterocycles. The smallest absolute Gasteiger partial charge is 0.148 e. The zero-order valence-corrected chi connectivity index (χ0v) is 11.0. The monoisotopic (exact) mass is 241 g/mol. The van der Waals surface area contributed by atoms with Gasteiger partial charge in [0.15, 0.2) is 0 Å². The van der Waals surface area contributed by atoms with Crippen molar-refractivity contribution in [3.8, 4) is 0 Å². The number of fused-ring (bicyclic) bond motifs is 1. The van der Waals surface area contributed by atoms with Gasteiger partial charge in [-0.3, -0.25) is 0 Å². The number of aromatic nitrogens is 2. The Balaban J connectivity index is 1.82. The molecule has 0 amide bonds. The average Bonchev–Trinajstić information content (AvgIpc) is 3.09. The Kier molecular flexibility index (Phi) is 2.90. The van der Waals surface area contributed by atoms with Crippen LogP contribution in [0.1, 0.15) is 31.9 Å². The first-order valence-electron chi connectivity index (χ1n) is 6.78. The second kappa shape index (κ2) is 4.56. The highest BCUT2D eigenvalue weighted by atomic mass is 15.1. The molecule has 1 aromatic carbocycles. The molecule has 3 rings (SSSR count). The van der Waals surface area contributed by atoms with Crippen LogP contribution in [0, 0.1) is 12.8 Å². The molecule has 0 radical (unpaired) electrons. The molecule has 1 saturated carbocycles. The molecule has 2 aromatic rings. The quantitative estimate of drug-likeness (QED) is 0.889. The van der Waals surface area contributed by atoms with E-state index in [4.69, 9.17) is 0 Å². The Morgan fingerprint density at radius 1 is 1.22 bits per heavy atom. The minimum atomic E-state index is 0.610. The van der Waals surface area contributed by atoms with Gasteiger partial charge in [0.1, 0.15) is 5.82 Å². The van der Waals surface area contributed by atoms with Crippen molar-refractivity contribution >= 4 is 16.9 Å². The first-order chi connectivity index (χ1) is 8.78. The Morgan fingerprint density at radius 3 is 2.67 bits per heavy atom. The molecule has 1 aliphatic carbocycles. The Hall–Kier alpha value is -1.64. The van der Waals surface area contributed by atoms with Crippen molar-refractivity contribution in [3.63, 3.8) is 0 Å². The fourth-order valence-electron chi connectivity index (χ4n) is 2.51. The maximum absolute atomic E-state index is 4.68. The average molecular weight is 241 g/mol. The van der Waals surface area contributed by atoms with E-state index in [0.717, 1.165) is 28.5 Å². The first kappa shape index (κ1) is 11.5. The van der Waals surface area contributed by atoms with Gasteiger partial charge in [0.25, 0.3) is 0 Å². The number of hydrogen-bond acceptors (Lipinski definition) is 3. The number of rotatable bonds is 4. The number of hydrogen-bond donors (Lipinski definition) is 1. The van der Waals surface area contributed by atoms with Crippen molar-refractivity contribution in [3.05, 3.63) is 30.0 Å². The lowest BCUT2D eigenvalue weighted by Gasteiger charge is -2.09. The molecule has 3 nitrogen and oxygen atoms in total. The van der Waals surface area contributed by atoms with E-state index in [9.17, 15) is 0 Å². The fraction of sp³-hybridized carbons (Fsp3) is 0.467. The van der Waals surface area contributed by atoms with Crippen LogP contribution in [0.4, 0.5) is 5.82 Å². The van der Waals surface area contributed by atoms with Crippen LogP contribution < -0.4 is 5.32 Å². The molecule has 2 atom stereocenters. The van der Waals surface area contributed by atoms with Crippen molar-refractivity contribution in [1.82, 2.24) is 9.97 Å². The van der Waals surface area contributed by atoms with Crippen LogP contribution in [0.15, 0.2) is 24.3 Å². The topological polar surface area (TPSA) is 37.8 Å². The summed E-state index contributed by atoms with van der Waals surface area (Å²) in [4.78, 5) is 9.28. The lowest BCUT2D eigenvalue weighted by Crippen LogP contribution is -2.09. The second-order valence-corrected chi connectivity index (χ2v) is 5.18. The molecular formula is C15H19N3. The van der Waals surface area contributed by atoms with Gasteiger partial charge in [-0.1, -0.05) is 25.5 Å². The molecule has 1 heterocycles. The highest BCUT2D eigenvalue weighted by Crippen LogP contribution is 2.37. The molecular weight excluding hydrogens is 222 g/mol. The number of anilines is 1. The molecule has 1 aliphatic rings. The van der Waals surface area contributed by atoms with Crippen LogP contribution in [0.3, 0.4) is 0 Å². The van der Waals surface area contributed by atoms with Crippen LogP contribution in [0.2, 0.25) is 0 Å². The maximum atomic E-state index is 4.68. The third kappa shape index (κ3) is 2.17. The third-order valence-electron chi connectivity index (χ3n) is 3.65. The van der Waals surface area contributed by atoms with E-state index < -0.39 is 0 Å². The molecule has 0 saturated heterocycles.